The van der Waals surface area contributed by atoms with E-state index in [9.17, 15) is 9.90 Å². The number of carbonyl (C=O) groups is 1. The van der Waals surface area contributed by atoms with Crippen LogP contribution in [0.1, 0.15) is 43.7 Å². The minimum Gasteiger partial charge on any atom is -0.508 e. The van der Waals surface area contributed by atoms with E-state index >= 15 is 0 Å². The van der Waals surface area contributed by atoms with Crippen LogP contribution in [0.25, 0.3) is 16.8 Å². The van der Waals surface area contributed by atoms with Crippen LogP contribution in [0, 0.1) is 0 Å². The lowest BCUT2D eigenvalue weighted by Gasteiger charge is -2.30. The zero-order chi connectivity index (χ0) is 21.8. The maximum Gasteiger partial charge on any atom is 0.340 e. The van der Waals surface area contributed by atoms with Crippen LogP contribution in [0.2, 0.25) is 0 Å². The molecular formula is C26H30N2O3. The molecule has 0 heterocycles. The molecule has 2 aromatic rings. The first-order chi connectivity index (χ1) is 15.0. The van der Waals surface area contributed by atoms with Gasteiger partial charge in [0.15, 0.2) is 0 Å². The van der Waals surface area contributed by atoms with Gasteiger partial charge in [-0.15, -0.1) is 0 Å². The van der Waals surface area contributed by atoms with E-state index in [0.717, 1.165) is 60.1 Å². The lowest BCUT2D eigenvalue weighted by Crippen LogP contribution is -2.37. The molecule has 1 fully saturated rings. The Morgan fingerprint density at radius 2 is 1.81 bits per heavy atom. The third kappa shape index (κ3) is 4.83. The highest BCUT2D eigenvalue weighted by Crippen LogP contribution is 2.32. The van der Waals surface area contributed by atoms with Crippen molar-refractivity contribution in [2.75, 3.05) is 6.61 Å². The maximum absolute atomic E-state index is 12.8. The standard InChI is InChI=1S/C26H30N2O3/c1-2-31-26(30)23-5-3-4-18-6-7-19(17-8-14-22(29)15-9-17)16-24(18)25(23)28-21-12-10-20(27)11-13-21/h3,5-9,14-16,20-21,28-29H,2,4,10-13,27H2,1H3. The van der Waals surface area contributed by atoms with Crippen molar-refractivity contribution in [3.63, 3.8) is 0 Å². The molecule has 0 bridgehead atoms. The number of hydrogen-bond donors (Lipinski definition) is 3. The number of rotatable bonds is 5. The Labute approximate surface area is 183 Å². The molecule has 0 atom stereocenters. The number of esters is 1. The van der Waals surface area contributed by atoms with Crippen molar-refractivity contribution in [1.82, 2.24) is 5.32 Å². The first-order valence-electron chi connectivity index (χ1n) is 11.1. The molecule has 31 heavy (non-hydrogen) atoms. The minimum atomic E-state index is -0.309. The van der Waals surface area contributed by atoms with Gasteiger partial charge >= 0.3 is 5.97 Å². The van der Waals surface area contributed by atoms with Gasteiger partial charge in [0.2, 0.25) is 0 Å². The number of hydrogen-bond acceptors (Lipinski definition) is 5. The van der Waals surface area contributed by atoms with Gasteiger partial charge in [-0.1, -0.05) is 30.3 Å². The van der Waals surface area contributed by atoms with E-state index in [1.54, 1.807) is 12.1 Å². The van der Waals surface area contributed by atoms with E-state index in [2.05, 4.69) is 23.5 Å². The molecular weight excluding hydrogens is 388 g/mol. The summed E-state index contributed by atoms with van der Waals surface area (Å²) in [7, 11) is 0. The van der Waals surface area contributed by atoms with Crippen molar-refractivity contribution in [2.24, 2.45) is 5.73 Å². The van der Waals surface area contributed by atoms with Gasteiger partial charge in [-0.3, -0.25) is 0 Å². The predicted octanol–water partition coefficient (Wildman–Crippen LogP) is 4.31. The molecule has 2 aromatic carbocycles. The number of ether oxygens (including phenoxy) is 1. The number of carbonyl (C=O) groups excluding carboxylic acids is 1. The van der Waals surface area contributed by atoms with Crippen LogP contribution in [0.3, 0.4) is 0 Å². The molecule has 0 saturated heterocycles. The number of nitrogens with one attached hydrogen (secondary N) is 1. The molecule has 0 spiro atoms. The van der Waals surface area contributed by atoms with Gasteiger partial charge in [0, 0.05) is 17.6 Å². The van der Waals surface area contributed by atoms with Gasteiger partial charge in [0.05, 0.1) is 17.9 Å². The van der Waals surface area contributed by atoms with Crippen LogP contribution >= 0.6 is 0 Å². The van der Waals surface area contributed by atoms with Crippen LogP contribution in [0.4, 0.5) is 0 Å². The highest BCUT2D eigenvalue weighted by atomic mass is 16.5. The smallest absolute Gasteiger partial charge is 0.340 e. The van der Waals surface area contributed by atoms with Crippen molar-refractivity contribution in [3.05, 3.63) is 71.3 Å². The third-order valence-corrected chi connectivity index (χ3v) is 6.09. The van der Waals surface area contributed by atoms with E-state index in [-0.39, 0.29) is 23.8 Å². The largest absolute Gasteiger partial charge is 0.508 e. The fourth-order valence-electron chi connectivity index (χ4n) is 4.35. The van der Waals surface area contributed by atoms with Crippen LogP contribution < -0.4 is 11.1 Å². The van der Waals surface area contributed by atoms with E-state index in [4.69, 9.17) is 10.5 Å². The van der Waals surface area contributed by atoms with Gasteiger partial charge < -0.3 is 20.9 Å². The summed E-state index contributed by atoms with van der Waals surface area (Å²) < 4.78 is 5.38. The average molecular weight is 419 g/mol. The number of allylic oxidation sites excluding steroid dienone is 1. The van der Waals surface area contributed by atoms with Gasteiger partial charge in [0.25, 0.3) is 0 Å². The first kappa shape index (κ1) is 21.2. The number of fused-ring (bicyclic) bond motifs is 1. The van der Waals surface area contributed by atoms with E-state index in [1.165, 1.54) is 0 Å². The molecule has 5 heteroatoms. The summed E-state index contributed by atoms with van der Waals surface area (Å²) in [6.07, 6.45) is 8.58. The predicted molar refractivity (Wildman–Crippen MR) is 123 cm³/mol. The van der Waals surface area contributed by atoms with E-state index in [0.29, 0.717) is 12.2 Å². The zero-order valence-corrected chi connectivity index (χ0v) is 17.9. The molecule has 162 valence electrons. The molecule has 0 aliphatic heterocycles. The Bertz CT molecular complexity index is 1000. The molecule has 0 unspecified atom stereocenters. The lowest BCUT2D eigenvalue weighted by molar-refractivity contribution is -0.138. The highest BCUT2D eigenvalue weighted by Gasteiger charge is 2.25. The summed E-state index contributed by atoms with van der Waals surface area (Å²) in [6, 6.07) is 14.1. The number of aromatic hydroxyl groups is 1. The van der Waals surface area contributed by atoms with Crippen molar-refractivity contribution in [3.8, 4) is 16.9 Å². The first-order valence-corrected chi connectivity index (χ1v) is 11.1. The Hall–Kier alpha value is -3.05. The summed E-state index contributed by atoms with van der Waals surface area (Å²) in [5.74, 6) is -0.0679. The van der Waals surface area contributed by atoms with Crippen molar-refractivity contribution < 1.29 is 14.6 Å². The monoisotopic (exact) mass is 418 g/mol. The number of phenolic OH excluding ortho intramolecular Hbond substituents is 1. The van der Waals surface area contributed by atoms with Crippen LogP contribution in [0.5, 0.6) is 5.75 Å². The topological polar surface area (TPSA) is 84.6 Å². The van der Waals surface area contributed by atoms with Crippen molar-refractivity contribution >= 4 is 11.7 Å². The molecule has 4 N–H and O–H groups in total. The number of phenols is 1. The normalized spacial score (nSPS) is 20.7. The summed E-state index contributed by atoms with van der Waals surface area (Å²) in [6.45, 7) is 2.16. The SMILES string of the molecule is CCOC(=O)C1=C(NC2CCC(N)CC2)c2cc(-c3ccc(O)cc3)ccc2CC=C1. The Morgan fingerprint density at radius 3 is 2.52 bits per heavy atom. The molecule has 0 aromatic heterocycles. The molecule has 0 radical (unpaired) electrons. The highest BCUT2D eigenvalue weighted by molar-refractivity contribution is 6.01. The fourth-order valence-corrected chi connectivity index (χ4v) is 4.35. The van der Waals surface area contributed by atoms with Crippen molar-refractivity contribution in [2.45, 2.75) is 51.1 Å². The second-order valence-corrected chi connectivity index (χ2v) is 8.29. The van der Waals surface area contributed by atoms with Gasteiger partial charge in [-0.05, 0) is 80.0 Å². The Morgan fingerprint density at radius 1 is 1.10 bits per heavy atom. The average Bonchev–Trinajstić information content (AvgIpc) is 2.95. The quantitative estimate of drug-likeness (QED) is 0.630. The molecule has 2 aliphatic carbocycles. The van der Waals surface area contributed by atoms with Crippen LogP contribution in [-0.4, -0.2) is 29.8 Å². The van der Waals surface area contributed by atoms with Gasteiger partial charge in [0.1, 0.15) is 5.75 Å². The lowest BCUT2D eigenvalue weighted by atomic mass is 9.90. The number of benzene rings is 2. The number of nitrogens with two attached hydrogens (primary N) is 1. The second-order valence-electron chi connectivity index (χ2n) is 8.29. The minimum absolute atomic E-state index is 0.241. The van der Waals surface area contributed by atoms with Gasteiger partial charge in [-0.2, -0.15) is 0 Å². The second kappa shape index (κ2) is 9.40. The Kier molecular flexibility index (Phi) is 6.42. The summed E-state index contributed by atoms with van der Waals surface area (Å²) in [4.78, 5) is 12.8. The van der Waals surface area contributed by atoms with E-state index < -0.39 is 0 Å². The molecule has 5 nitrogen and oxygen atoms in total. The summed E-state index contributed by atoms with van der Waals surface area (Å²) in [5, 5.41) is 13.3. The summed E-state index contributed by atoms with van der Waals surface area (Å²) in [5.41, 5.74) is 11.7. The van der Waals surface area contributed by atoms with Crippen LogP contribution in [0.15, 0.2) is 60.2 Å². The third-order valence-electron chi connectivity index (χ3n) is 6.09. The fraction of sp³-hybridized carbons (Fsp3) is 0.346. The Balaban J connectivity index is 1.77. The molecule has 1 saturated carbocycles. The molecule has 2 aliphatic rings. The maximum atomic E-state index is 12.8. The summed E-state index contributed by atoms with van der Waals surface area (Å²) >= 11 is 0. The molecule has 0 amide bonds. The molecule has 4 rings (SSSR count). The van der Waals surface area contributed by atoms with Crippen molar-refractivity contribution in [1.29, 1.82) is 0 Å². The van der Waals surface area contributed by atoms with Crippen LogP contribution in [-0.2, 0) is 16.0 Å². The zero-order valence-electron chi connectivity index (χ0n) is 17.9. The van der Waals surface area contributed by atoms with E-state index in [1.807, 2.05) is 31.2 Å². The van der Waals surface area contributed by atoms with Gasteiger partial charge in [-0.25, -0.2) is 4.79 Å².